The number of rotatable bonds is 7. The van der Waals surface area contributed by atoms with Crippen molar-refractivity contribution in [1.82, 2.24) is 14.7 Å². The van der Waals surface area contributed by atoms with Gasteiger partial charge in [0, 0.05) is 49.2 Å². The minimum absolute atomic E-state index is 0.236. The lowest BCUT2D eigenvalue weighted by molar-refractivity contribution is 0.194. The first kappa shape index (κ1) is 22.3. The molecule has 2 saturated heterocycles. The van der Waals surface area contributed by atoms with E-state index in [1.54, 1.807) is 29.1 Å². The molecule has 2 aliphatic heterocycles. The van der Waals surface area contributed by atoms with Crippen LogP contribution in [0.25, 0.3) is 11.3 Å². The number of nitrogens with one attached hydrogen (secondary N) is 2. The molecule has 178 valence electrons. The van der Waals surface area contributed by atoms with Gasteiger partial charge >= 0.3 is 6.03 Å². The van der Waals surface area contributed by atoms with Crippen molar-refractivity contribution in [2.24, 2.45) is 7.05 Å². The Hall–Kier alpha value is -3.46. The fraction of sp³-hybridized carbons (Fsp3) is 0.360. The second-order valence-electron chi connectivity index (χ2n) is 8.80. The fourth-order valence-electron chi connectivity index (χ4n) is 5.10. The molecule has 9 heteroatoms. The van der Waals surface area contributed by atoms with E-state index in [1.165, 1.54) is 25.7 Å². The maximum Gasteiger partial charge on any atom is 0.323 e. The summed E-state index contributed by atoms with van der Waals surface area (Å²) < 4.78 is 35.2. The third kappa shape index (κ3) is 4.61. The standard InChI is InChI=1S/C25H27F2N5O2/c1-31-23(10-11-28-31)20-15-17(29-25(33)30-22-14-16(26)2-8-21(22)27)3-9-24(20)34-13-12-32-18-4-5-19(32)7-6-18/h2-3,8-11,14-15,18-19H,4-7,12-13H2,1H3,(H2,29,30,33). The van der Waals surface area contributed by atoms with Gasteiger partial charge < -0.3 is 15.4 Å². The Kier molecular flexibility index (Phi) is 6.19. The molecule has 0 spiro atoms. The molecule has 1 aromatic heterocycles. The van der Waals surface area contributed by atoms with E-state index in [0.717, 1.165) is 36.0 Å². The summed E-state index contributed by atoms with van der Waals surface area (Å²) in [6, 6.07) is 10.8. The zero-order chi connectivity index (χ0) is 23.7. The van der Waals surface area contributed by atoms with Crippen LogP contribution in [0.5, 0.6) is 5.75 Å². The van der Waals surface area contributed by atoms with Crippen molar-refractivity contribution in [1.29, 1.82) is 0 Å². The Balaban J connectivity index is 1.30. The predicted molar refractivity (Wildman–Crippen MR) is 126 cm³/mol. The van der Waals surface area contributed by atoms with Gasteiger partial charge in [-0.25, -0.2) is 13.6 Å². The van der Waals surface area contributed by atoms with E-state index < -0.39 is 17.7 Å². The van der Waals surface area contributed by atoms with Crippen LogP contribution in [0.3, 0.4) is 0 Å². The number of hydrogen-bond acceptors (Lipinski definition) is 4. The number of carbonyl (C=O) groups excluding carboxylic acids is 1. The van der Waals surface area contributed by atoms with E-state index in [9.17, 15) is 13.6 Å². The molecule has 2 bridgehead atoms. The molecule has 2 aliphatic rings. The SMILES string of the molecule is Cn1nccc1-c1cc(NC(=O)Nc2cc(F)ccc2F)ccc1OCCN1C2CCC1CC2. The minimum Gasteiger partial charge on any atom is -0.492 e. The number of ether oxygens (including phenoxy) is 1. The van der Waals surface area contributed by atoms with Gasteiger partial charge in [0.05, 0.1) is 11.4 Å². The summed E-state index contributed by atoms with van der Waals surface area (Å²) in [4.78, 5) is 15.0. The van der Waals surface area contributed by atoms with E-state index in [-0.39, 0.29) is 5.69 Å². The fourth-order valence-corrected chi connectivity index (χ4v) is 5.10. The number of aromatic nitrogens is 2. The lowest BCUT2D eigenvalue weighted by atomic mass is 10.0. The van der Waals surface area contributed by atoms with E-state index in [0.29, 0.717) is 30.1 Å². The van der Waals surface area contributed by atoms with Crippen molar-refractivity contribution in [3.05, 3.63) is 60.3 Å². The maximum atomic E-state index is 13.9. The maximum absolute atomic E-state index is 13.9. The highest BCUT2D eigenvalue weighted by atomic mass is 19.1. The number of anilines is 2. The molecule has 3 aromatic rings. The number of halogens is 2. The second-order valence-corrected chi connectivity index (χ2v) is 8.80. The second kappa shape index (κ2) is 9.42. The predicted octanol–water partition coefficient (Wildman–Crippen LogP) is 5.01. The molecular weight excluding hydrogens is 440 g/mol. The van der Waals surface area contributed by atoms with Crippen molar-refractivity contribution in [2.45, 2.75) is 37.8 Å². The zero-order valence-corrected chi connectivity index (χ0v) is 18.9. The average molecular weight is 468 g/mol. The number of fused-ring (bicyclic) bond motifs is 2. The van der Waals surface area contributed by atoms with Gasteiger partial charge in [0.25, 0.3) is 0 Å². The molecule has 0 aliphatic carbocycles. The molecule has 34 heavy (non-hydrogen) atoms. The number of nitrogens with zero attached hydrogens (tertiary/aromatic N) is 3. The molecule has 2 N–H and O–H groups in total. The smallest absolute Gasteiger partial charge is 0.323 e. The molecule has 2 aromatic carbocycles. The molecule has 0 radical (unpaired) electrons. The molecule has 5 rings (SSSR count). The summed E-state index contributed by atoms with van der Waals surface area (Å²) >= 11 is 0. The van der Waals surface area contributed by atoms with Crippen LogP contribution < -0.4 is 15.4 Å². The van der Waals surface area contributed by atoms with E-state index in [1.807, 2.05) is 13.1 Å². The van der Waals surface area contributed by atoms with Crippen LogP contribution in [0.15, 0.2) is 48.7 Å². The highest BCUT2D eigenvalue weighted by molar-refractivity contribution is 6.00. The number of urea groups is 1. The van der Waals surface area contributed by atoms with Gasteiger partial charge in [-0.05, 0) is 62.1 Å². The molecule has 0 saturated carbocycles. The van der Waals surface area contributed by atoms with Gasteiger partial charge in [0.15, 0.2) is 0 Å². The summed E-state index contributed by atoms with van der Waals surface area (Å²) in [5.41, 5.74) is 1.85. The summed E-state index contributed by atoms with van der Waals surface area (Å²) in [5.74, 6) is -0.668. The van der Waals surface area contributed by atoms with Crippen LogP contribution in [0.4, 0.5) is 25.0 Å². The summed E-state index contributed by atoms with van der Waals surface area (Å²) in [6.07, 6.45) is 6.83. The quantitative estimate of drug-likeness (QED) is 0.512. The van der Waals surface area contributed by atoms with Crippen LogP contribution >= 0.6 is 0 Å². The van der Waals surface area contributed by atoms with Crippen LogP contribution in [0.1, 0.15) is 25.7 Å². The highest BCUT2D eigenvalue weighted by Gasteiger charge is 2.38. The molecule has 0 atom stereocenters. The lowest BCUT2D eigenvalue weighted by Gasteiger charge is -2.22. The van der Waals surface area contributed by atoms with Crippen LogP contribution in [-0.2, 0) is 7.05 Å². The van der Waals surface area contributed by atoms with Gasteiger partial charge in [-0.3, -0.25) is 9.58 Å². The Labute approximate surface area is 196 Å². The zero-order valence-electron chi connectivity index (χ0n) is 18.9. The summed E-state index contributed by atoms with van der Waals surface area (Å²) in [7, 11) is 1.83. The first-order chi connectivity index (χ1) is 16.5. The minimum atomic E-state index is -0.720. The number of amides is 2. The molecule has 7 nitrogen and oxygen atoms in total. The number of carbonyl (C=O) groups is 1. The molecular formula is C25H27F2N5O2. The van der Waals surface area contributed by atoms with E-state index in [2.05, 4.69) is 20.6 Å². The van der Waals surface area contributed by atoms with Gasteiger partial charge in [-0.2, -0.15) is 5.10 Å². The average Bonchev–Trinajstić information content (AvgIpc) is 3.53. The van der Waals surface area contributed by atoms with E-state index in [4.69, 9.17) is 4.74 Å². The Morgan fingerprint density at radius 3 is 2.53 bits per heavy atom. The summed E-state index contributed by atoms with van der Waals surface area (Å²) in [6.45, 7) is 1.46. The molecule has 2 fully saturated rings. The first-order valence-electron chi connectivity index (χ1n) is 11.5. The number of benzene rings is 2. The van der Waals surface area contributed by atoms with Crippen molar-refractivity contribution in [3.8, 4) is 17.0 Å². The third-order valence-corrected chi connectivity index (χ3v) is 6.72. The Bertz CT molecular complexity index is 1180. The monoisotopic (exact) mass is 467 g/mol. The first-order valence-corrected chi connectivity index (χ1v) is 11.5. The van der Waals surface area contributed by atoms with Crippen LogP contribution in [-0.4, -0.2) is 45.9 Å². The van der Waals surface area contributed by atoms with Gasteiger partial charge in [0.1, 0.15) is 24.0 Å². The van der Waals surface area contributed by atoms with Crippen molar-refractivity contribution in [3.63, 3.8) is 0 Å². The van der Waals surface area contributed by atoms with Crippen molar-refractivity contribution < 1.29 is 18.3 Å². The van der Waals surface area contributed by atoms with Crippen LogP contribution in [0.2, 0.25) is 0 Å². The third-order valence-electron chi connectivity index (χ3n) is 6.72. The molecule has 0 unspecified atom stereocenters. The van der Waals surface area contributed by atoms with Crippen molar-refractivity contribution >= 4 is 17.4 Å². The van der Waals surface area contributed by atoms with Crippen molar-refractivity contribution in [2.75, 3.05) is 23.8 Å². The normalized spacial score (nSPS) is 19.4. The highest BCUT2D eigenvalue weighted by Crippen LogP contribution is 2.37. The van der Waals surface area contributed by atoms with Gasteiger partial charge in [0.2, 0.25) is 0 Å². The molecule has 3 heterocycles. The van der Waals surface area contributed by atoms with Gasteiger partial charge in [-0.15, -0.1) is 0 Å². The van der Waals surface area contributed by atoms with Crippen LogP contribution in [0, 0.1) is 11.6 Å². The largest absolute Gasteiger partial charge is 0.492 e. The number of aryl methyl sites for hydroxylation is 1. The number of hydrogen-bond donors (Lipinski definition) is 2. The van der Waals surface area contributed by atoms with E-state index >= 15 is 0 Å². The molecule has 2 amide bonds. The summed E-state index contributed by atoms with van der Waals surface area (Å²) in [5, 5.41) is 9.26. The lowest BCUT2D eigenvalue weighted by Crippen LogP contribution is -2.32. The topological polar surface area (TPSA) is 71.4 Å². The Morgan fingerprint density at radius 2 is 1.82 bits per heavy atom. The Morgan fingerprint density at radius 1 is 1.06 bits per heavy atom. The van der Waals surface area contributed by atoms with Gasteiger partial charge in [-0.1, -0.05) is 0 Å².